The van der Waals surface area contributed by atoms with E-state index in [9.17, 15) is 14.4 Å². The predicted octanol–water partition coefficient (Wildman–Crippen LogP) is -28.5. The van der Waals surface area contributed by atoms with Crippen molar-refractivity contribution in [2.45, 2.75) is 0 Å². The number of nitrogens with zero attached hydrogens (tertiary/aromatic N) is 3. The zero-order valence-corrected chi connectivity index (χ0v) is 31.6. The van der Waals surface area contributed by atoms with E-state index < -0.39 is 47.8 Å². The van der Waals surface area contributed by atoms with E-state index in [1.165, 1.54) is 36.8 Å². The van der Waals surface area contributed by atoms with Crippen LogP contribution in [-0.2, 0) is 0 Å². The first-order chi connectivity index (χ1) is 17.4. The van der Waals surface area contributed by atoms with Crippen LogP contribution in [0.5, 0.6) is 0 Å². The van der Waals surface area contributed by atoms with Gasteiger partial charge in [0.2, 0.25) is 0 Å². The molecular formula is C12H23Cl3N9Na3O19. The van der Waals surface area contributed by atoms with Crippen LogP contribution >= 0.6 is 0 Å². The molecule has 0 atom stereocenters. The molecular weight excluding hydrogens is 750 g/mol. The zero-order chi connectivity index (χ0) is 31.4. The van der Waals surface area contributed by atoms with E-state index in [0.29, 0.717) is 17.5 Å². The summed E-state index contributed by atoms with van der Waals surface area (Å²) in [4.78, 5) is 47.6. The summed E-state index contributed by atoms with van der Waals surface area (Å²) in [5, 5.41) is 0. The molecule has 0 saturated carbocycles. The number of hydrogen-bond acceptors (Lipinski definition) is 21. The third-order valence-corrected chi connectivity index (χ3v) is 2.09. The minimum absolute atomic E-state index is 0. The molecule has 3 aromatic rings. The number of hydrogen-bond donors (Lipinski definition) is 6. The molecule has 28 nitrogen and oxygen atoms in total. The van der Waals surface area contributed by atoms with E-state index >= 15 is 0 Å². The van der Waals surface area contributed by atoms with Crippen LogP contribution in [0.2, 0.25) is 0 Å². The molecule has 254 valence electrons. The Morgan fingerprint density at radius 2 is 0.565 bits per heavy atom. The van der Waals surface area contributed by atoms with Gasteiger partial charge in [-0.25, -0.2) is 85.2 Å². The van der Waals surface area contributed by atoms with Crippen molar-refractivity contribution >= 4 is 17.5 Å². The minimum atomic E-state index is -4.94. The SMILES string of the molecule is Nc1ccnc(=O)[nH]1.Nc1ccnc(=O)[nH]1.Nc1ccnc(=O)[nH]1.O.O.O.O.[Na+].[Na+].[Na+].[O-][Cl+3]([O-])([O-])[O-].[O-][Cl+3]([O-])([O-])[O-].[O-][Cl+3]([O-])([O-])[O-]. The van der Waals surface area contributed by atoms with Crippen LogP contribution in [-0.4, -0.2) is 51.8 Å². The molecule has 0 aliphatic heterocycles. The number of nitrogens with two attached hydrogens (primary N) is 3. The van der Waals surface area contributed by atoms with Crippen LogP contribution in [0, 0.1) is 30.7 Å². The van der Waals surface area contributed by atoms with Gasteiger partial charge < -0.3 is 39.1 Å². The second-order valence-electron chi connectivity index (χ2n) is 5.12. The molecule has 0 aliphatic rings. The summed E-state index contributed by atoms with van der Waals surface area (Å²) < 4.78 is 102. The Kier molecular flexibility index (Phi) is 57.5. The number of aromatic nitrogens is 6. The standard InChI is InChI=1S/3C4H5N3O.3ClHO4.3Na.4H2O/c3*5-3-1-2-6-4(8)7-3;3*2-1(3,4)5;;;;;;;/h3*1-2H,(H3,5,6,7,8);3*(H,2,3,4,5);;;;4*1H2/q;;;;;;3*+1;;;;/p-3. The molecule has 46 heavy (non-hydrogen) atoms. The molecule has 17 N–H and O–H groups in total. The summed E-state index contributed by atoms with van der Waals surface area (Å²) >= 11 is 0. The Hall–Kier alpha value is -0.730. The topological polar surface area (TPSA) is 618 Å². The second-order valence-corrected chi connectivity index (χ2v) is 7.39. The molecule has 0 amide bonds. The monoisotopic (exact) mass is 771 g/mol. The van der Waals surface area contributed by atoms with Gasteiger partial charge in [0.15, 0.2) is 0 Å². The zero-order valence-electron chi connectivity index (χ0n) is 23.3. The van der Waals surface area contributed by atoms with Crippen LogP contribution in [0.4, 0.5) is 17.5 Å². The van der Waals surface area contributed by atoms with E-state index in [1.54, 1.807) is 0 Å². The van der Waals surface area contributed by atoms with Crippen molar-refractivity contribution in [3.8, 4) is 0 Å². The molecule has 0 unspecified atom stereocenters. The number of nitrogen functional groups attached to an aromatic ring is 3. The molecule has 34 heteroatoms. The summed E-state index contributed by atoms with van der Waals surface area (Å²) in [7, 11) is -14.8. The van der Waals surface area contributed by atoms with Crippen molar-refractivity contribution in [2.24, 2.45) is 0 Å². The van der Waals surface area contributed by atoms with Gasteiger partial charge in [-0.3, -0.25) is 15.0 Å². The van der Waals surface area contributed by atoms with Crippen LogP contribution in [0.25, 0.3) is 0 Å². The summed E-state index contributed by atoms with van der Waals surface area (Å²) in [5.41, 5.74) is 14.3. The van der Waals surface area contributed by atoms with Gasteiger partial charge in [0.1, 0.15) is 17.5 Å². The summed E-state index contributed by atoms with van der Waals surface area (Å²) in [6.45, 7) is 0. The van der Waals surface area contributed by atoms with Gasteiger partial charge in [0.05, 0.1) is 0 Å². The first-order valence-corrected chi connectivity index (χ1v) is 11.8. The molecule has 3 rings (SSSR count). The Morgan fingerprint density at radius 1 is 0.435 bits per heavy atom. The Balaban J connectivity index is -0.0000000416. The average Bonchev–Trinajstić information content (AvgIpc) is 2.64. The van der Waals surface area contributed by atoms with Crippen molar-refractivity contribution < 1.29 is 197 Å². The van der Waals surface area contributed by atoms with Gasteiger partial charge in [-0.15, -0.1) is 30.7 Å². The van der Waals surface area contributed by atoms with Gasteiger partial charge >= 0.3 is 106 Å². The largest absolute Gasteiger partial charge is 1.00 e. The van der Waals surface area contributed by atoms with E-state index in [4.69, 9.17) is 73.1 Å². The Morgan fingerprint density at radius 3 is 0.630 bits per heavy atom. The third-order valence-electron chi connectivity index (χ3n) is 2.09. The molecule has 0 spiro atoms. The van der Waals surface area contributed by atoms with Crippen molar-refractivity contribution in [1.29, 1.82) is 0 Å². The molecule has 3 aromatic heterocycles. The van der Waals surface area contributed by atoms with Gasteiger partial charge in [0.25, 0.3) is 0 Å². The fraction of sp³-hybridized carbons (Fsp3) is 0. The van der Waals surface area contributed by atoms with E-state index in [0.717, 1.165) is 0 Å². The van der Waals surface area contributed by atoms with Crippen LogP contribution in [0.15, 0.2) is 51.2 Å². The summed E-state index contributed by atoms with van der Waals surface area (Å²) in [6, 6.07) is 4.55. The van der Waals surface area contributed by atoms with Crippen molar-refractivity contribution in [2.75, 3.05) is 17.2 Å². The number of H-pyrrole nitrogens is 3. The van der Waals surface area contributed by atoms with E-state index in [-0.39, 0.29) is 111 Å². The molecule has 3 heterocycles. The number of anilines is 3. The molecule has 0 aromatic carbocycles. The van der Waals surface area contributed by atoms with Crippen LogP contribution in [0.3, 0.4) is 0 Å². The maximum absolute atomic E-state index is 10.2. The fourth-order valence-corrected chi connectivity index (χ4v) is 1.15. The second kappa shape index (κ2) is 37.1. The van der Waals surface area contributed by atoms with Crippen molar-refractivity contribution in [3.05, 3.63) is 68.2 Å². The molecule has 0 radical (unpaired) electrons. The maximum Gasteiger partial charge on any atom is 1.00 e. The quantitative estimate of drug-likeness (QED) is 0.115. The fourth-order valence-electron chi connectivity index (χ4n) is 1.15. The van der Waals surface area contributed by atoms with Gasteiger partial charge in [-0.05, 0) is 18.2 Å². The van der Waals surface area contributed by atoms with Crippen LogP contribution < -0.4 is 179 Å². The van der Waals surface area contributed by atoms with Crippen LogP contribution in [0.1, 0.15) is 0 Å². The molecule has 0 bridgehead atoms. The molecule has 0 aliphatic carbocycles. The van der Waals surface area contributed by atoms with Gasteiger partial charge in [0, 0.05) is 18.6 Å². The van der Waals surface area contributed by atoms with Gasteiger partial charge in [-0.1, -0.05) is 0 Å². The van der Waals surface area contributed by atoms with E-state index in [2.05, 4.69) is 29.9 Å². The van der Waals surface area contributed by atoms with Crippen molar-refractivity contribution in [1.82, 2.24) is 29.9 Å². The number of rotatable bonds is 0. The van der Waals surface area contributed by atoms with E-state index in [1.807, 2.05) is 0 Å². The van der Waals surface area contributed by atoms with Crippen molar-refractivity contribution in [3.63, 3.8) is 0 Å². The first kappa shape index (κ1) is 71.3. The smallest absolute Gasteiger partial charge is 0.412 e. The number of nitrogens with one attached hydrogen (secondary N) is 3. The predicted molar refractivity (Wildman–Crippen MR) is 102 cm³/mol. The number of halogens is 3. The maximum atomic E-state index is 10.2. The summed E-state index contributed by atoms with van der Waals surface area (Å²) in [6.07, 6.45) is 4.07. The van der Waals surface area contributed by atoms with Gasteiger partial charge in [-0.2, -0.15) is 0 Å². The average molecular weight is 773 g/mol. The molecule has 0 saturated heterocycles. The summed E-state index contributed by atoms with van der Waals surface area (Å²) in [5.74, 6) is 1.01. The normalized spacial score (nSPS) is 8.61. The third kappa shape index (κ3) is 90.2. The number of aromatic amines is 3. The molecule has 0 fully saturated rings. The first-order valence-electron chi connectivity index (χ1n) is 8.14. The Labute approximate surface area is 326 Å². The minimum Gasteiger partial charge on any atom is -0.412 e. The Bertz CT molecular complexity index is 1080.